The van der Waals surface area contributed by atoms with E-state index in [1.807, 2.05) is 0 Å². The number of carbonyl (C=O) groups is 1. The lowest BCUT2D eigenvalue weighted by Gasteiger charge is -2.26. The third-order valence-corrected chi connectivity index (χ3v) is 1.69. The van der Waals surface area contributed by atoms with Crippen LogP contribution in [0.1, 0.15) is 19.8 Å². The van der Waals surface area contributed by atoms with Crippen LogP contribution in [-0.2, 0) is 4.79 Å². The van der Waals surface area contributed by atoms with E-state index in [1.54, 1.807) is 0 Å². The summed E-state index contributed by atoms with van der Waals surface area (Å²) in [6, 6.07) is 0.103. The Morgan fingerprint density at radius 3 is 2.90 bits per heavy atom. The summed E-state index contributed by atoms with van der Waals surface area (Å²) in [5.74, 6) is 0.160. The Labute approximate surface area is 61.2 Å². The van der Waals surface area contributed by atoms with Crippen molar-refractivity contribution in [3.63, 3.8) is 0 Å². The van der Waals surface area contributed by atoms with E-state index in [0.29, 0.717) is 0 Å². The van der Waals surface area contributed by atoms with Gasteiger partial charge in [0.15, 0.2) is 0 Å². The third-order valence-electron chi connectivity index (χ3n) is 1.69. The van der Waals surface area contributed by atoms with Crippen molar-refractivity contribution >= 4 is 5.91 Å². The molecule has 1 atom stereocenters. The Morgan fingerprint density at radius 1 is 1.80 bits per heavy atom. The van der Waals surface area contributed by atoms with Gasteiger partial charge in [-0.3, -0.25) is 4.79 Å². The van der Waals surface area contributed by atoms with Crippen molar-refractivity contribution in [2.45, 2.75) is 25.8 Å². The van der Waals surface area contributed by atoms with E-state index < -0.39 is 0 Å². The van der Waals surface area contributed by atoms with Gasteiger partial charge >= 0.3 is 0 Å². The van der Waals surface area contributed by atoms with Crippen LogP contribution in [0.4, 0.5) is 0 Å². The van der Waals surface area contributed by atoms with Crippen LogP contribution in [-0.4, -0.2) is 25.0 Å². The van der Waals surface area contributed by atoms with Crippen LogP contribution >= 0.6 is 0 Å². The number of amides is 1. The van der Waals surface area contributed by atoms with Gasteiger partial charge in [0.25, 0.3) is 0 Å². The molecule has 1 aliphatic rings. The number of hydrogen-bond donors (Lipinski definition) is 2. The molecule has 1 fully saturated rings. The average molecular weight is 142 g/mol. The van der Waals surface area contributed by atoms with E-state index in [2.05, 4.69) is 17.6 Å². The molecule has 0 aromatic carbocycles. The monoisotopic (exact) mass is 142 g/mol. The molecular weight excluding hydrogens is 128 g/mol. The van der Waals surface area contributed by atoms with Crippen molar-refractivity contribution in [2.75, 3.05) is 13.1 Å². The summed E-state index contributed by atoms with van der Waals surface area (Å²) in [4.78, 5) is 11.0. The highest BCUT2D eigenvalue weighted by molar-refractivity contribution is 5.82. The number of rotatable bonds is 3. The maximum absolute atomic E-state index is 11.0. The predicted molar refractivity (Wildman–Crippen MR) is 39.7 cm³/mol. The molecule has 1 aliphatic heterocycles. The Kier molecular flexibility index (Phi) is 2.68. The van der Waals surface area contributed by atoms with Crippen LogP contribution in [0.5, 0.6) is 0 Å². The second kappa shape index (κ2) is 3.56. The molecule has 0 spiro atoms. The Hall–Kier alpha value is -0.570. The number of nitrogens with one attached hydrogen (secondary N) is 2. The zero-order valence-corrected chi connectivity index (χ0v) is 6.31. The minimum absolute atomic E-state index is 0.103. The second-order valence-corrected chi connectivity index (χ2v) is 2.59. The first kappa shape index (κ1) is 7.54. The van der Waals surface area contributed by atoms with Crippen molar-refractivity contribution in [2.24, 2.45) is 0 Å². The maximum Gasteiger partial charge on any atom is 0.237 e. The lowest BCUT2D eigenvalue weighted by Crippen LogP contribution is -2.53. The average Bonchev–Trinajstić information content (AvgIpc) is 1.79. The van der Waals surface area contributed by atoms with Crippen molar-refractivity contribution in [3.8, 4) is 0 Å². The van der Waals surface area contributed by atoms with Gasteiger partial charge in [0.2, 0.25) is 5.91 Å². The molecule has 0 saturated carbocycles. The molecule has 3 heteroatoms. The topological polar surface area (TPSA) is 41.1 Å². The van der Waals surface area contributed by atoms with Gasteiger partial charge in [-0.1, -0.05) is 6.92 Å². The molecule has 0 bridgehead atoms. The molecule has 0 aliphatic carbocycles. The summed E-state index contributed by atoms with van der Waals surface area (Å²) >= 11 is 0. The molecular formula is C7H14N2O. The van der Waals surface area contributed by atoms with E-state index in [1.165, 1.54) is 0 Å². The van der Waals surface area contributed by atoms with Gasteiger partial charge in [-0.15, -0.1) is 0 Å². The van der Waals surface area contributed by atoms with E-state index >= 15 is 0 Å². The molecule has 1 unspecified atom stereocenters. The quantitative estimate of drug-likeness (QED) is 0.576. The minimum atomic E-state index is 0.103. The van der Waals surface area contributed by atoms with Crippen LogP contribution in [0.3, 0.4) is 0 Å². The zero-order chi connectivity index (χ0) is 7.40. The SMILES string of the molecule is CCCNC(=O)C1CCN1. The van der Waals surface area contributed by atoms with E-state index in [9.17, 15) is 4.79 Å². The van der Waals surface area contributed by atoms with Crippen molar-refractivity contribution < 1.29 is 4.79 Å². The van der Waals surface area contributed by atoms with Crippen LogP contribution in [0.25, 0.3) is 0 Å². The highest BCUT2D eigenvalue weighted by atomic mass is 16.2. The maximum atomic E-state index is 11.0. The molecule has 1 amide bonds. The Bertz CT molecular complexity index is 121. The first-order valence-corrected chi connectivity index (χ1v) is 3.85. The summed E-state index contributed by atoms with van der Waals surface area (Å²) in [7, 11) is 0. The van der Waals surface area contributed by atoms with Gasteiger partial charge in [-0.2, -0.15) is 0 Å². The first-order chi connectivity index (χ1) is 4.84. The minimum Gasteiger partial charge on any atom is -0.355 e. The second-order valence-electron chi connectivity index (χ2n) is 2.59. The standard InChI is InChI=1S/C7H14N2O/c1-2-4-9-7(10)6-3-5-8-6/h6,8H,2-5H2,1H3,(H,9,10). The number of carbonyl (C=O) groups excluding carboxylic acids is 1. The molecule has 0 aromatic rings. The predicted octanol–water partition coefficient (Wildman–Crippen LogP) is -0.126. The van der Waals surface area contributed by atoms with Crippen LogP contribution in [0.15, 0.2) is 0 Å². The normalized spacial score (nSPS) is 23.5. The zero-order valence-electron chi connectivity index (χ0n) is 6.31. The summed E-state index contributed by atoms with van der Waals surface area (Å²) < 4.78 is 0. The van der Waals surface area contributed by atoms with Gasteiger partial charge in [0.1, 0.15) is 0 Å². The van der Waals surface area contributed by atoms with Gasteiger partial charge in [0.05, 0.1) is 6.04 Å². The third kappa shape index (κ3) is 1.70. The summed E-state index contributed by atoms with van der Waals surface area (Å²) in [6.45, 7) is 3.84. The summed E-state index contributed by atoms with van der Waals surface area (Å²) in [5.41, 5.74) is 0. The molecule has 2 N–H and O–H groups in total. The molecule has 1 saturated heterocycles. The van der Waals surface area contributed by atoms with Crippen LogP contribution in [0.2, 0.25) is 0 Å². The summed E-state index contributed by atoms with van der Waals surface area (Å²) in [6.07, 6.45) is 2.01. The highest BCUT2D eigenvalue weighted by Gasteiger charge is 2.23. The molecule has 58 valence electrons. The fourth-order valence-corrected chi connectivity index (χ4v) is 0.884. The number of hydrogen-bond acceptors (Lipinski definition) is 2. The fraction of sp³-hybridized carbons (Fsp3) is 0.857. The molecule has 1 rings (SSSR count). The lowest BCUT2D eigenvalue weighted by atomic mass is 10.1. The van der Waals surface area contributed by atoms with Gasteiger partial charge in [-0.25, -0.2) is 0 Å². The Morgan fingerprint density at radius 2 is 2.50 bits per heavy atom. The van der Waals surface area contributed by atoms with Gasteiger partial charge < -0.3 is 10.6 Å². The van der Waals surface area contributed by atoms with E-state index in [0.717, 1.165) is 25.9 Å². The van der Waals surface area contributed by atoms with Gasteiger partial charge in [-0.05, 0) is 19.4 Å². The molecule has 0 aromatic heterocycles. The van der Waals surface area contributed by atoms with Crippen LogP contribution in [0, 0.1) is 0 Å². The first-order valence-electron chi connectivity index (χ1n) is 3.85. The van der Waals surface area contributed by atoms with E-state index in [-0.39, 0.29) is 11.9 Å². The molecule has 0 radical (unpaired) electrons. The van der Waals surface area contributed by atoms with Crippen molar-refractivity contribution in [1.82, 2.24) is 10.6 Å². The lowest BCUT2D eigenvalue weighted by molar-refractivity contribution is -0.124. The van der Waals surface area contributed by atoms with Crippen molar-refractivity contribution in [1.29, 1.82) is 0 Å². The highest BCUT2D eigenvalue weighted by Crippen LogP contribution is 2.00. The largest absolute Gasteiger partial charge is 0.355 e. The Balaban J connectivity index is 2.08. The molecule has 10 heavy (non-hydrogen) atoms. The smallest absolute Gasteiger partial charge is 0.237 e. The summed E-state index contributed by atoms with van der Waals surface area (Å²) in [5, 5.41) is 5.87. The van der Waals surface area contributed by atoms with Crippen LogP contribution < -0.4 is 10.6 Å². The fourth-order valence-electron chi connectivity index (χ4n) is 0.884. The molecule has 3 nitrogen and oxygen atoms in total. The van der Waals surface area contributed by atoms with E-state index in [4.69, 9.17) is 0 Å². The van der Waals surface area contributed by atoms with Crippen molar-refractivity contribution in [3.05, 3.63) is 0 Å². The van der Waals surface area contributed by atoms with Gasteiger partial charge in [0, 0.05) is 6.54 Å². The molecule has 1 heterocycles.